The van der Waals surface area contributed by atoms with Crippen molar-refractivity contribution in [3.05, 3.63) is 0 Å². The van der Waals surface area contributed by atoms with Crippen molar-refractivity contribution in [1.29, 1.82) is 0 Å². The van der Waals surface area contributed by atoms with Crippen molar-refractivity contribution in [2.45, 2.75) is 44.7 Å². The molecule has 2 saturated heterocycles. The van der Waals surface area contributed by atoms with Crippen LogP contribution in [-0.4, -0.2) is 56.0 Å². The van der Waals surface area contributed by atoms with Crippen molar-refractivity contribution < 1.29 is 8.42 Å². The van der Waals surface area contributed by atoms with Gasteiger partial charge in [-0.05, 0) is 33.2 Å². The van der Waals surface area contributed by atoms with Gasteiger partial charge < -0.3 is 5.32 Å². The Bertz CT molecular complexity index is 361. The van der Waals surface area contributed by atoms with Crippen LogP contribution >= 0.6 is 0 Å². The lowest BCUT2D eigenvalue weighted by Gasteiger charge is -2.43. The van der Waals surface area contributed by atoms with Crippen molar-refractivity contribution in [2.24, 2.45) is 0 Å². The van der Waals surface area contributed by atoms with Crippen LogP contribution in [0.5, 0.6) is 0 Å². The molecule has 0 aliphatic carbocycles. The summed E-state index contributed by atoms with van der Waals surface area (Å²) in [6.45, 7) is 7.06. The third kappa shape index (κ3) is 3.42. The van der Waals surface area contributed by atoms with Crippen LogP contribution in [0.1, 0.15) is 33.1 Å². The Morgan fingerprint density at radius 2 is 2.18 bits per heavy atom. The van der Waals surface area contributed by atoms with Crippen LogP contribution in [-0.2, 0) is 9.84 Å². The van der Waals surface area contributed by atoms with Crippen molar-refractivity contribution in [1.82, 2.24) is 10.2 Å². The molecule has 0 radical (unpaired) electrons. The van der Waals surface area contributed by atoms with Crippen molar-refractivity contribution in [3.8, 4) is 0 Å². The predicted octanol–water partition coefficient (Wildman–Crippen LogP) is 0.638. The molecule has 0 aromatic heterocycles. The van der Waals surface area contributed by atoms with E-state index in [1.807, 2.05) is 6.92 Å². The highest BCUT2D eigenvalue weighted by atomic mass is 32.2. The maximum absolute atomic E-state index is 11.5. The summed E-state index contributed by atoms with van der Waals surface area (Å²) in [5.41, 5.74) is 0.174. The second kappa shape index (κ2) is 4.86. The molecule has 17 heavy (non-hydrogen) atoms. The first-order valence-electron chi connectivity index (χ1n) is 6.60. The van der Waals surface area contributed by atoms with Crippen LogP contribution in [0.4, 0.5) is 0 Å². The molecule has 4 nitrogen and oxygen atoms in total. The highest BCUT2D eigenvalue weighted by Crippen LogP contribution is 2.22. The molecule has 2 rings (SSSR count). The Balaban J connectivity index is 1.95. The van der Waals surface area contributed by atoms with Gasteiger partial charge in [-0.15, -0.1) is 0 Å². The Kier molecular flexibility index (Phi) is 3.80. The normalized spacial score (nSPS) is 39.1. The van der Waals surface area contributed by atoms with E-state index in [2.05, 4.69) is 17.1 Å². The maximum Gasteiger partial charge on any atom is 0.153 e. The molecule has 2 atom stereocenters. The molecule has 2 unspecified atom stereocenters. The van der Waals surface area contributed by atoms with E-state index in [4.69, 9.17) is 0 Å². The average Bonchev–Trinajstić information content (AvgIpc) is 2.23. The van der Waals surface area contributed by atoms with E-state index in [1.165, 1.54) is 19.3 Å². The monoisotopic (exact) mass is 260 g/mol. The summed E-state index contributed by atoms with van der Waals surface area (Å²) in [5.74, 6) is 0.649. The number of hydrogen-bond acceptors (Lipinski definition) is 4. The maximum atomic E-state index is 11.5. The average molecular weight is 260 g/mol. The fourth-order valence-electron chi connectivity index (χ4n) is 2.97. The number of hydrogen-bond donors (Lipinski definition) is 1. The third-order valence-electron chi connectivity index (χ3n) is 4.07. The second-order valence-electron chi connectivity index (χ2n) is 5.88. The summed E-state index contributed by atoms with van der Waals surface area (Å²) < 4.78 is 23.1. The van der Waals surface area contributed by atoms with Crippen LogP contribution in [0, 0.1) is 0 Å². The van der Waals surface area contributed by atoms with Crippen molar-refractivity contribution >= 4 is 9.84 Å². The van der Waals surface area contributed by atoms with Crippen molar-refractivity contribution in [2.75, 3.05) is 31.1 Å². The highest BCUT2D eigenvalue weighted by molar-refractivity contribution is 7.91. The lowest BCUT2D eigenvalue weighted by atomic mass is 9.90. The Morgan fingerprint density at radius 3 is 2.76 bits per heavy atom. The first kappa shape index (κ1) is 13.3. The molecule has 5 heteroatoms. The summed E-state index contributed by atoms with van der Waals surface area (Å²) in [6.07, 6.45) is 3.74. The van der Waals surface area contributed by atoms with Gasteiger partial charge in [0.25, 0.3) is 0 Å². The Hall–Kier alpha value is -0.130. The smallest absolute Gasteiger partial charge is 0.153 e. The molecule has 1 N–H and O–H groups in total. The lowest BCUT2D eigenvalue weighted by molar-refractivity contribution is 0.139. The van der Waals surface area contributed by atoms with E-state index in [0.29, 0.717) is 18.1 Å². The van der Waals surface area contributed by atoms with Gasteiger partial charge in [-0.25, -0.2) is 8.42 Å². The van der Waals surface area contributed by atoms with Crippen LogP contribution in [0.25, 0.3) is 0 Å². The van der Waals surface area contributed by atoms with E-state index >= 15 is 0 Å². The molecule has 0 aromatic carbocycles. The zero-order chi connectivity index (χ0) is 12.5. The van der Waals surface area contributed by atoms with E-state index in [-0.39, 0.29) is 11.6 Å². The van der Waals surface area contributed by atoms with E-state index < -0.39 is 9.84 Å². The molecule has 0 bridgehead atoms. The summed E-state index contributed by atoms with van der Waals surface area (Å²) in [6, 6.07) is 0.161. The third-order valence-corrected chi connectivity index (χ3v) is 5.86. The number of sulfone groups is 1. The van der Waals surface area contributed by atoms with Crippen LogP contribution in [0.3, 0.4) is 0 Å². The van der Waals surface area contributed by atoms with Gasteiger partial charge in [-0.1, -0.05) is 6.42 Å². The highest BCUT2D eigenvalue weighted by Gasteiger charge is 2.34. The molecule has 2 aliphatic rings. The minimum absolute atomic E-state index is 0.161. The van der Waals surface area contributed by atoms with Crippen LogP contribution in [0.2, 0.25) is 0 Å². The van der Waals surface area contributed by atoms with Gasteiger partial charge in [0.1, 0.15) is 0 Å². The Morgan fingerprint density at radius 1 is 1.41 bits per heavy atom. The molecule has 2 fully saturated rings. The second-order valence-corrected chi connectivity index (χ2v) is 8.11. The van der Waals surface area contributed by atoms with E-state index in [0.717, 1.165) is 13.1 Å². The van der Waals surface area contributed by atoms with Crippen LogP contribution in [0.15, 0.2) is 0 Å². The molecule has 0 amide bonds. The summed E-state index contributed by atoms with van der Waals surface area (Å²) in [4.78, 5) is 2.33. The molecular weight excluding hydrogens is 236 g/mol. The van der Waals surface area contributed by atoms with Gasteiger partial charge >= 0.3 is 0 Å². The summed E-state index contributed by atoms with van der Waals surface area (Å²) in [7, 11) is -2.79. The first-order chi connectivity index (χ1) is 7.90. The van der Waals surface area contributed by atoms with Gasteiger partial charge in [0.15, 0.2) is 9.84 Å². The quantitative estimate of drug-likeness (QED) is 0.791. The number of nitrogens with zero attached hydrogens (tertiary/aromatic N) is 1. The first-order valence-corrected chi connectivity index (χ1v) is 8.42. The predicted molar refractivity (Wildman–Crippen MR) is 69.9 cm³/mol. The molecule has 0 saturated carbocycles. The molecule has 100 valence electrons. The van der Waals surface area contributed by atoms with Gasteiger partial charge in [0, 0.05) is 24.7 Å². The Labute approximate surface area is 105 Å². The van der Waals surface area contributed by atoms with E-state index in [9.17, 15) is 8.42 Å². The largest absolute Gasteiger partial charge is 0.310 e. The van der Waals surface area contributed by atoms with Gasteiger partial charge in [-0.2, -0.15) is 0 Å². The van der Waals surface area contributed by atoms with Crippen LogP contribution < -0.4 is 5.32 Å². The topological polar surface area (TPSA) is 49.4 Å². The number of nitrogens with one attached hydrogen (secondary N) is 1. The van der Waals surface area contributed by atoms with Gasteiger partial charge in [0.2, 0.25) is 0 Å². The minimum Gasteiger partial charge on any atom is -0.310 e. The molecule has 0 spiro atoms. The zero-order valence-corrected chi connectivity index (χ0v) is 11.7. The van der Waals surface area contributed by atoms with Crippen molar-refractivity contribution in [3.63, 3.8) is 0 Å². The minimum atomic E-state index is -2.79. The zero-order valence-electron chi connectivity index (χ0n) is 10.9. The van der Waals surface area contributed by atoms with Gasteiger partial charge in [0.05, 0.1) is 11.5 Å². The van der Waals surface area contributed by atoms with Gasteiger partial charge in [-0.3, -0.25) is 4.90 Å². The summed E-state index contributed by atoms with van der Waals surface area (Å²) >= 11 is 0. The fraction of sp³-hybridized carbons (Fsp3) is 1.00. The fourth-order valence-corrected chi connectivity index (χ4v) is 4.59. The molecular formula is C12H24N2O2S. The standard InChI is InChI=1S/C12H24N2O2S/c1-11-9-17(15,16)8-7-14(11)10-12(2)5-3-4-6-13-12/h11,13H,3-10H2,1-2H3. The number of rotatable bonds is 2. The molecule has 2 aliphatic heterocycles. The SMILES string of the molecule is CC1CS(=O)(=O)CCN1CC1(C)CCCCN1. The lowest BCUT2D eigenvalue weighted by Crippen LogP contribution is -2.58. The molecule has 0 aromatic rings. The van der Waals surface area contributed by atoms with E-state index in [1.54, 1.807) is 0 Å². The summed E-state index contributed by atoms with van der Waals surface area (Å²) in [5, 5.41) is 3.59. The number of piperidine rings is 1. The molecule has 2 heterocycles.